The van der Waals surface area contributed by atoms with E-state index < -0.39 is 145 Å². The molecule has 0 aromatic heterocycles. The highest BCUT2D eigenvalue weighted by Gasteiger charge is 2.55. The monoisotopic (exact) mass is 1530 g/mol. The van der Waals surface area contributed by atoms with Crippen molar-refractivity contribution in [3.05, 3.63) is 95.6 Å². The number of benzene rings is 3. The van der Waals surface area contributed by atoms with Crippen molar-refractivity contribution in [1.82, 2.24) is 25.8 Å². The van der Waals surface area contributed by atoms with E-state index in [4.69, 9.17) is 37.0 Å². The van der Waals surface area contributed by atoms with Gasteiger partial charge in [0, 0.05) is 31.8 Å². The summed E-state index contributed by atoms with van der Waals surface area (Å²) in [6.07, 6.45) is -4.20. The lowest BCUT2D eigenvalue weighted by atomic mass is 9.99. The molecule has 0 aliphatic carbocycles. The third-order valence-corrected chi connectivity index (χ3v) is 50.8. The molecule has 5 N–H and O–H groups in total. The second-order valence-corrected chi connectivity index (χ2v) is 67.0. The van der Waals surface area contributed by atoms with Crippen LogP contribution in [0.25, 0.3) is 0 Å². The molecular formula is C78H136N6O13Si6. The van der Waals surface area contributed by atoms with Crippen LogP contribution >= 0.6 is 0 Å². The summed E-state index contributed by atoms with van der Waals surface area (Å²) >= 11 is 0. The number of nitrogens with zero attached hydrogens (tertiary/aromatic N) is 2. The van der Waals surface area contributed by atoms with Gasteiger partial charge in [0.15, 0.2) is 33.3 Å². The number of rotatable bonds is 28. The minimum absolute atomic E-state index is 0.00549. The molecular weight excluding hydrogens is 1400 g/mol. The maximum Gasteiger partial charge on any atom is 0.408 e. The van der Waals surface area contributed by atoms with Crippen LogP contribution in [0.2, 0.25) is 109 Å². The van der Waals surface area contributed by atoms with Crippen LogP contribution in [0.5, 0.6) is 11.5 Å². The van der Waals surface area contributed by atoms with Gasteiger partial charge in [-0.2, -0.15) is 0 Å². The van der Waals surface area contributed by atoms with Crippen LogP contribution in [0.3, 0.4) is 0 Å². The van der Waals surface area contributed by atoms with Crippen LogP contribution in [0.15, 0.2) is 78.9 Å². The molecule has 2 fully saturated rings. The van der Waals surface area contributed by atoms with E-state index in [1.165, 1.54) is 9.80 Å². The second kappa shape index (κ2) is 32.8. The molecule has 2 aliphatic heterocycles. The van der Waals surface area contributed by atoms with Crippen LogP contribution in [0, 0.1) is 5.92 Å². The van der Waals surface area contributed by atoms with Gasteiger partial charge in [0.25, 0.3) is 0 Å². The molecule has 3 aromatic carbocycles. The first kappa shape index (κ1) is 88.6. The molecule has 5 rings (SSSR count). The first-order chi connectivity index (χ1) is 46.5. The van der Waals surface area contributed by atoms with Crippen LogP contribution in [-0.4, -0.2) is 163 Å². The van der Waals surface area contributed by atoms with E-state index in [-0.39, 0.29) is 70.1 Å². The van der Waals surface area contributed by atoms with Crippen molar-refractivity contribution < 1.29 is 60.1 Å². The Bertz CT molecular complexity index is 3380. The number of carbonyl (C=O) groups is 6. The zero-order valence-electron chi connectivity index (χ0n) is 69.3. The van der Waals surface area contributed by atoms with E-state index in [0.29, 0.717) is 17.1 Å². The Morgan fingerprint density at radius 2 is 0.932 bits per heavy atom. The molecule has 1 unspecified atom stereocenters. The fourth-order valence-corrected chi connectivity index (χ4v) is 18.7. The predicted octanol–water partition coefficient (Wildman–Crippen LogP) is 16.0. The fraction of sp³-hybridized carbons (Fsp3) is 0.692. The summed E-state index contributed by atoms with van der Waals surface area (Å²) in [7, 11) is -15.5. The fourth-order valence-electron chi connectivity index (χ4n) is 11.2. The molecule has 3 aromatic rings. The second-order valence-electron chi connectivity index (χ2n) is 38.6. The van der Waals surface area contributed by atoms with E-state index in [1.807, 2.05) is 85.8 Å². The van der Waals surface area contributed by atoms with Gasteiger partial charge in [0.2, 0.25) is 46.2 Å². The van der Waals surface area contributed by atoms with E-state index in [0.717, 1.165) is 11.1 Å². The Kier molecular flexibility index (Phi) is 28.3. The summed E-state index contributed by atoms with van der Waals surface area (Å²) in [5.41, 5.74) is 8.61. The Morgan fingerprint density at radius 1 is 0.495 bits per heavy atom. The highest BCUT2D eigenvalue weighted by Crippen LogP contribution is 2.45. The maximum atomic E-state index is 16.6. The van der Waals surface area contributed by atoms with E-state index in [2.05, 4.69) is 219 Å². The lowest BCUT2D eigenvalue weighted by molar-refractivity contribution is -0.145. The summed E-state index contributed by atoms with van der Waals surface area (Å²) in [6, 6.07) is 17.8. The molecule has 10 atom stereocenters. The smallest absolute Gasteiger partial charge is 0.408 e. The maximum absolute atomic E-state index is 16.6. The van der Waals surface area contributed by atoms with Gasteiger partial charge in [-0.3, -0.25) is 24.0 Å². The van der Waals surface area contributed by atoms with E-state index >= 15 is 19.2 Å². The Morgan fingerprint density at radius 3 is 1.38 bits per heavy atom. The highest BCUT2D eigenvalue weighted by atomic mass is 28.4. The summed E-state index contributed by atoms with van der Waals surface area (Å²) in [6.45, 7) is 67.6. The van der Waals surface area contributed by atoms with Gasteiger partial charge in [-0.15, -0.1) is 0 Å². The number of carbonyl (C=O) groups excluding carboxylic acids is 6. The molecule has 25 heteroatoms. The quantitative estimate of drug-likeness (QED) is 0.0496. The number of hydrogen-bond acceptors (Lipinski definition) is 13. The largest absolute Gasteiger partial charge is 0.544 e. The van der Waals surface area contributed by atoms with E-state index in [1.54, 1.807) is 6.92 Å². The standard InChI is InChI=1S/C78H136N6O13Si6/c1-52-49-84(65(67(79)85)66(52)97-103(31,32)78(18,19)20)71(89)63(53(2)92-98(21,22)73(3,4)5)81-69(87)64(62(96-102(29,30)77(15,16)17)47-55-40-44-58(45-41-55)94-100(25,26)75(9,10)11)82-68(86)61-48-59(95-101(27,28)76(12,13)14)50-83(61)70(88)60(80-72(90)91-51-56-36-34-33-35-37-56)46-54-38-42-57(43-39-54)93-99(23,24)74(6,7)8/h33-45,52-53,59-66H,46-51H2,1-32H3,(H2,79,85)(H,80,90)(H,81,87)(H,82,86)/t52-,53?,59+,60-,61-,62+,63-,64-,65-,66-/m0/s1. The normalized spacial score (nSPS) is 20.1. The third kappa shape index (κ3) is 22.8. The van der Waals surface area contributed by atoms with Crippen LogP contribution in [0.4, 0.5) is 4.79 Å². The van der Waals surface area contributed by atoms with Gasteiger partial charge < -0.3 is 62.8 Å². The zero-order chi connectivity index (χ0) is 78.8. The molecule has 19 nitrogen and oxygen atoms in total. The van der Waals surface area contributed by atoms with Gasteiger partial charge >= 0.3 is 6.09 Å². The number of hydrogen-bond donors (Lipinski definition) is 4. The molecule has 0 radical (unpaired) electrons. The minimum atomic E-state index is -2.96. The molecule has 2 aliphatic rings. The van der Waals surface area contributed by atoms with Crippen LogP contribution in [0.1, 0.15) is 162 Å². The summed E-state index contributed by atoms with van der Waals surface area (Å²) in [5, 5.41) is 7.90. The Labute approximate surface area is 627 Å². The van der Waals surface area contributed by atoms with Gasteiger partial charge in [-0.1, -0.05) is 186 Å². The predicted molar refractivity (Wildman–Crippen MR) is 431 cm³/mol. The van der Waals surface area contributed by atoms with Crippen molar-refractivity contribution in [2.45, 2.75) is 328 Å². The Hall–Kier alpha value is -4.98. The van der Waals surface area contributed by atoms with Crippen molar-refractivity contribution in [1.29, 1.82) is 0 Å². The van der Waals surface area contributed by atoms with Gasteiger partial charge in [0.1, 0.15) is 48.3 Å². The third-order valence-electron chi connectivity index (χ3n) is 24.0. The van der Waals surface area contributed by atoms with Gasteiger partial charge in [-0.05, 0) is 163 Å². The van der Waals surface area contributed by atoms with Crippen LogP contribution in [-0.2, 0) is 65.9 Å². The molecule has 2 saturated heterocycles. The average Bonchev–Trinajstić information content (AvgIpc) is 1.66. The number of amides is 6. The summed E-state index contributed by atoms with van der Waals surface area (Å²) in [4.78, 5) is 96.4. The molecule has 2 heterocycles. The number of nitrogens with one attached hydrogen (secondary N) is 3. The Balaban J connectivity index is 1.77. The number of alkyl carbamates (subject to hydrolysis) is 1. The molecule has 0 bridgehead atoms. The average molecular weight is 1530 g/mol. The lowest BCUT2D eigenvalue weighted by Crippen LogP contribution is -2.65. The number of likely N-dealkylation sites (tertiary alicyclic amines) is 2. The zero-order valence-corrected chi connectivity index (χ0v) is 75.3. The van der Waals surface area contributed by atoms with Gasteiger partial charge in [0.05, 0.1) is 24.4 Å². The molecule has 6 amide bonds. The topological polar surface area (TPSA) is 236 Å². The van der Waals surface area contributed by atoms with Crippen molar-refractivity contribution in [2.24, 2.45) is 11.7 Å². The van der Waals surface area contributed by atoms with Crippen molar-refractivity contribution >= 4 is 85.5 Å². The van der Waals surface area contributed by atoms with Gasteiger partial charge in [-0.25, -0.2) is 4.79 Å². The SMILES string of the molecule is CC(O[Si](C)(C)C(C)(C)C)[C@H](NC(=O)[C@@H](NC(=O)[C@@H]1C[C@@H](O[Si](C)(C)C(C)(C)C)CN1C(=O)[C@H](Cc1ccc(O[Si](C)(C)C(C)(C)C)cc1)NC(=O)OCc1ccccc1)[C@@H](Cc1ccc(O[Si](C)(C)C(C)(C)C)cc1)O[Si](C)(C)C(C)(C)C)C(=O)N1C[C@H](C)[C@H](O[Si](C)(C)C(C)(C)C)[C@H]1C(N)=O. The first-order valence-corrected chi connectivity index (χ1v) is 54.7. The van der Waals surface area contributed by atoms with Crippen molar-refractivity contribution in [3.8, 4) is 11.5 Å². The minimum Gasteiger partial charge on any atom is -0.544 e. The lowest BCUT2D eigenvalue weighted by Gasteiger charge is -2.43. The van der Waals surface area contributed by atoms with Crippen molar-refractivity contribution in [2.75, 3.05) is 13.1 Å². The molecule has 580 valence electrons. The number of primary amides is 1. The molecule has 103 heavy (non-hydrogen) atoms. The van der Waals surface area contributed by atoms with Crippen LogP contribution < -0.4 is 30.5 Å². The number of nitrogens with two attached hydrogens (primary N) is 1. The number of ether oxygens (including phenoxy) is 1. The summed E-state index contributed by atoms with van der Waals surface area (Å²) < 4.78 is 48.0. The highest BCUT2D eigenvalue weighted by molar-refractivity contribution is 6.76. The van der Waals surface area contributed by atoms with Crippen molar-refractivity contribution in [3.63, 3.8) is 0 Å². The molecule has 0 saturated carbocycles. The summed E-state index contributed by atoms with van der Waals surface area (Å²) in [5.74, 6) is -2.31. The molecule has 0 spiro atoms. The first-order valence-electron chi connectivity index (χ1n) is 37.3. The van der Waals surface area contributed by atoms with E-state index in [9.17, 15) is 9.59 Å².